The summed E-state index contributed by atoms with van der Waals surface area (Å²) in [6, 6.07) is 4.96. The summed E-state index contributed by atoms with van der Waals surface area (Å²) in [7, 11) is 1.60. The number of ether oxygens (including phenoxy) is 1. The number of amides is 1. The van der Waals surface area contributed by atoms with Crippen LogP contribution in [0.25, 0.3) is 0 Å². The standard InChI is InChI=1S/C18H26FN3O2/c1-24-17-5-4-15(19)11-14(17)13-21-7-9-22(10-8-21)18(23)12-16-3-2-6-20-16/h4-5,11,16,20H,2-3,6-10,12-13H2,1H3. The predicted octanol–water partition coefficient (Wildman–Crippen LogP) is 1.62. The van der Waals surface area contributed by atoms with Crippen LogP contribution in [0.1, 0.15) is 24.8 Å². The Kier molecular flexibility index (Phi) is 5.68. The maximum Gasteiger partial charge on any atom is 0.224 e. The van der Waals surface area contributed by atoms with Gasteiger partial charge in [-0.2, -0.15) is 0 Å². The van der Waals surface area contributed by atoms with Crippen molar-refractivity contribution in [1.82, 2.24) is 15.1 Å². The first-order chi connectivity index (χ1) is 11.7. The zero-order valence-electron chi connectivity index (χ0n) is 14.3. The minimum absolute atomic E-state index is 0.247. The molecule has 1 aromatic rings. The molecule has 2 heterocycles. The van der Waals surface area contributed by atoms with E-state index in [1.165, 1.54) is 18.6 Å². The van der Waals surface area contributed by atoms with Crippen LogP contribution in [0.2, 0.25) is 0 Å². The highest BCUT2D eigenvalue weighted by Crippen LogP contribution is 2.22. The molecule has 3 rings (SSSR count). The SMILES string of the molecule is COc1ccc(F)cc1CN1CCN(C(=O)CC2CCCN2)CC1. The Morgan fingerprint density at radius 1 is 1.33 bits per heavy atom. The van der Waals surface area contributed by atoms with Crippen molar-refractivity contribution < 1.29 is 13.9 Å². The van der Waals surface area contributed by atoms with Crippen molar-refractivity contribution in [3.05, 3.63) is 29.6 Å². The summed E-state index contributed by atoms with van der Waals surface area (Å²) in [5.74, 6) is 0.711. The van der Waals surface area contributed by atoms with E-state index in [9.17, 15) is 9.18 Å². The lowest BCUT2D eigenvalue weighted by Gasteiger charge is -2.35. The van der Waals surface area contributed by atoms with E-state index in [1.54, 1.807) is 13.2 Å². The number of piperazine rings is 1. The Bertz CT molecular complexity index is 567. The number of hydrogen-bond donors (Lipinski definition) is 1. The molecule has 1 unspecified atom stereocenters. The van der Waals surface area contributed by atoms with E-state index in [0.717, 1.165) is 44.7 Å². The zero-order valence-corrected chi connectivity index (χ0v) is 14.3. The highest BCUT2D eigenvalue weighted by molar-refractivity contribution is 5.77. The second-order valence-corrected chi connectivity index (χ2v) is 6.61. The quantitative estimate of drug-likeness (QED) is 0.888. The Labute approximate surface area is 142 Å². The number of carbonyl (C=O) groups excluding carboxylic acids is 1. The molecule has 0 radical (unpaired) electrons. The fourth-order valence-corrected chi connectivity index (χ4v) is 3.54. The molecular weight excluding hydrogens is 309 g/mol. The molecule has 1 N–H and O–H groups in total. The highest BCUT2D eigenvalue weighted by Gasteiger charge is 2.25. The Morgan fingerprint density at radius 2 is 2.12 bits per heavy atom. The van der Waals surface area contributed by atoms with Crippen LogP contribution < -0.4 is 10.1 Å². The van der Waals surface area contributed by atoms with Gasteiger partial charge in [-0.3, -0.25) is 9.69 Å². The molecule has 2 fully saturated rings. The largest absolute Gasteiger partial charge is 0.496 e. The van der Waals surface area contributed by atoms with E-state index < -0.39 is 0 Å². The van der Waals surface area contributed by atoms with Gasteiger partial charge in [0.05, 0.1) is 7.11 Å². The molecular formula is C18H26FN3O2. The van der Waals surface area contributed by atoms with Crippen molar-refractivity contribution >= 4 is 5.91 Å². The van der Waals surface area contributed by atoms with Gasteiger partial charge in [-0.25, -0.2) is 4.39 Å². The molecule has 0 aliphatic carbocycles. The van der Waals surface area contributed by atoms with Gasteiger partial charge in [-0.05, 0) is 37.6 Å². The Balaban J connectivity index is 1.50. The lowest BCUT2D eigenvalue weighted by molar-refractivity contribution is -0.133. The summed E-state index contributed by atoms with van der Waals surface area (Å²) in [6.45, 7) is 4.77. The molecule has 2 saturated heterocycles. The summed E-state index contributed by atoms with van der Waals surface area (Å²) in [5, 5.41) is 3.38. The molecule has 0 bridgehead atoms. The molecule has 5 nitrogen and oxygen atoms in total. The summed E-state index contributed by atoms with van der Waals surface area (Å²) in [5.41, 5.74) is 0.854. The maximum absolute atomic E-state index is 13.5. The average molecular weight is 335 g/mol. The smallest absolute Gasteiger partial charge is 0.224 e. The van der Waals surface area contributed by atoms with Gasteiger partial charge < -0.3 is 15.0 Å². The molecule has 1 amide bonds. The topological polar surface area (TPSA) is 44.8 Å². The second-order valence-electron chi connectivity index (χ2n) is 6.61. The van der Waals surface area contributed by atoms with Crippen molar-refractivity contribution in [3.8, 4) is 5.75 Å². The third kappa shape index (κ3) is 4.24. The van der Waals surface area contributed by atoms with Gasteiger partial charge >= 0.3 is 0 Å². The van der Waals surface area contributed by atoms with E-state index >= 15 is 0 Å². The number of rotatable bonds is 5. The molecule has 0 saturated carbocycles. The average Bonchev–Trinajstić information content (AvgIpc) is 3.09. The minimum Gasteiger partial charge on any atom is -0.496 e. The van der Waals surface area contributed by atoms with Crippen molar-refractivity contribution in [2.45, 2.75) is 31.8 Å². The fraction of sp³-hybridized carbons (Fsp3) is 0.611. The first-order valence-corrected chi connectivity index (χ1v) is 8.71. The van der Waals surface area contributed by atoms with Gasteiger partial charge in [0.15, 0.2) is 0 Å². The number of nitrogens with one attached hydrogen (secondary N) is 1. The number of halogens is 1. The van der Waals surface area contributed by atoms with Crippen LogP contribution in [-0.4, -0.2) is 61.6 Å². The zero-order chi connectivity index (χ0) is 16.9. The predicted molar refractivity (Wildman–Crippen MR) is 90.5 cm³/mol. The van der Waals surface area contributed by atoms with Gasteiger partial charge in [0, 0.05) is 50.7 Å². The normalized spacial score (nSPS) is 21.9. The number of carbonyl (C=O) groups is 1. The van der Waals surface area contributed by atoms with Gasteiger partial charge in [0.1, 0.15) is 11.6 Å². The number of benzene rings is 1. The van der Waals surface area contributed by atoms with E-state index in [4.69, 9.17) is 4.74 Å². The first-order valence-electron chi connectivity index (χ1n) is 8.71. The monoisotopic (exact) mass is 335 g/mol. The Hall–Kier alpha value is -1.66. The van der Waals surface area contributed by atoms with Crippen LogP contribution in [-0.2, 0) is 11.3 Å². The lowest BCUT2D eigenvalue weighted by atomic mass is 10.1. The van der Waals surface area contributed by atoms with Crippen LogP contribution in [0, 0.1) is 5.82 Å². The van der Waals surface area contributed by atoms with Gasteiger partial charge in [-0.1, -0.05) is 0 Å². The first kappa shape index (κ1) is 17.2. The number of nitrogens with zero attached hydrogens (tertiary/aromatic N) is 2. The van der Waals surface area contributed by atoms with Crippen LogP contribution in [0.4, 0.5) is 4.39 Å². The van der Waals surface area contributed by atoms with Gasteiger partial charge in [-0.15, -0.1) is 0 Å². The van der Waals surface area contributed by atoms with E-state index in [2.05, 4.69) is 10.2 Å². The Morgan fingerprint density at radius 3 is 2.79 bits per heavy atom. The fourth-order valence-electron chi connectivity index (χ4n) is 3.54. The maximum atomic E-state index is 13.5. The third-order valence-electron chi connectivity index (χ3n) is 4.94. The van der Waals surface area contributed by atoms with Crippen LogP contribution in [0.3, 0.4) is 0 Å². The minimum atomic E-state index is -0.247. The lowest BCUT2D eigenvalue weighted by Crippen LogP contribution is -2.49. The molecule has 1 aromatic carbocycles. The second kappa shape index (κ2) is 7.94. The van der Waals surface area contributed by atoms with Crippen molar-refractivity contribution in [2.75, 3.05) is 39.8 Å². The van der Waals surface area contributed by atoms with Crippen molar-refractivity contribution in [3.63, 3.8) is 0 Å². The number of hydrogen-bond acceptors (Lipinski definition) is 4. The van der Waals surface area contributed by atoms with E-state index in [1.807, 2.05) is 4.90 Å². The van der Waals surface area contributed by atoms with Crippen LogP contribution in [0.15, 0.2) is 18.2 Å². The van der Waals surface area contributed by atoms with Gasteiger partial charge in [0.25, 0.3) is 0 Å². The third-order valence-corrected chi connectivity index (χ3v) is 4.94. The molecule has 2 aliphatic rings. The molecule has 1 atom stereocenters. The molecule has 132 valence electrons. The summed E-state index contributed by atoms with van der Waals surface area (Å²) in [6.07, 6.45) is 2.88. The van der Waals surface area contributed by atoms with Crippen molar-refractivity contribution in [2.24, 2.45) is 0 Å². The summed E-state index contributed by atoms with van der Waals surface area (Å²) >= 11 is 0. The molecule has 0 spiro atoms. The van der Waals surface area contributed by atoms with Crippen LogP contribution >= 0.6 is 0 Å². The van der Waals surface area contributed by atoms with Crippen molar-refractivity contribution in [1.29, 1.82) is 0 Å². The van der Waals surface area contributed by atoms with E-state index in [-0.39, 0.29) is 11.7 Å². The van der Waals surface area contributed by atoms with Gasteiger partial charge in [0.2, 0.25) is 5.91 Å². The summed E-state index contributed by atoms with van der Waals surface area (Å²) in [4.78, 5) is 16.6. The van der Waals surface area contributed by atoms with Crippen LogP contribution in [0.5, 0.6) is 5.75 Å². The molecule has 6 heteroatoms. The van der Waals surface area contributed by atoms with E-state index in [0.29, 0.717) is 24.8 Å². The highest BCUT2D eigenvalue weighted by atomic mass is 19.1. The number of methoxy groups -OCH3 is 1. The molecule has 2 aliphatic heterocycles. The molecule has 0 aromatic heterocycles. The summed E-state index contributed by atoms with van der Waals surface area (Å²) < 4.78 is 18.8. The molecule has 24 heavy (non-hydrogen) atoms.